The second-order valence-electron chi connectivity index (χ2n) is 4.38. The summed E-state index contributed by atoms with van der Waals surface area (Å²) in [7, 11) is 0.459. The third-order valence-electron chi connectivity index (χ3n) is 2.91. The molecule has 102 valence electrons. The van der Waals surface area contributed by atoms with Crippen LogP contribution < -0.4 is 0 Å². The quantitative estimate of drug-likeness (QED) is 0.758. The molecule has 2 rings (SSSR count). The molecule has 0 bridgehead atoms. The van der Waals surface area contributed by atoms with Gasteiger partial charge >= 0.3 is 0 Å². The van der Waals surface area contributed by atoms with Crippen LogP contribution in [-0.4, -0.2) is 38.5 Å². The fourth-order valence-corrected chi connectivity index (χ4v) is 3.57. The van der Waals surface area contributed by atoms with Gasteiger partial charge in [-0.2, -0.15) is 5.10 Å². The van der Waals surface area contributed by atoms with Crippen LogP contribution in [0.4, 0.5) is 0 Å². The van der Waals surface area contributed by atoms with E-state index in [-0.39, 0.29) is 5.91 Å². The highest BCUT2D eigenvalue weighted by atomic mass is 79.9. The Morgan fingerprint density at radius 1 is 1.47 bits per heavy atom. The molecule has 0 fully saturated rings. The van der Waals surface area contributed by atoms with E-state index in [4.69, 9.17) is 11.6 Å². The number of amides is 1. The number of nitrogens with zero attached hydrogens (tertiary/aromatic N) is 2. The molecule has 1 aromatic rings. The smallest absolute Gasteiger partial charge is 0.265 e. The molecule has 1 aromatic carbocycles. The van der Waals surface area contributed by atoms with Gasteiger partial charge in [-0.05, 0) is 19.1 Å². The summed E-state index contributed by atoms with van der Waals surface area (Å²) in [5.41, 5.74) is 1.33. The molecule has 0 N–H and O–H groups in total. The predicted molar refractivity (Wildman–Crippen MR) is 80.4 cm³/mol. The minimum absolute atomic E-state index is 0.137. The summed E-state index contributed by atoms with van der Waals surface area (Å²) in [5.74, 6) is -0.137. The molecule has 0 saturated carbocycles. The SMILES string of the molecule is CN1N=C(c2ccc(S(C)=O)c(Cl)c2)C(C)(Br)C1=O. The Bertz CT molecular complexity index is 616. The van der Waals surface area contributed by atoms with Gasteiger partial charge in [0.25, 0.3) is 5.91 Å². The van der Waals surface area contributed by atoms with Crippen molar-refractivity contribution in [2.75, 3.05) is 13.3 Å². The molecule has 0 spiro atoms. The zero-order valence-electron chi connectivity index (χ0n) is 10.6. The molecule has 2 unspecified atom stereocenters. The van der Waals surface area contributed by atoms with Gasteiger partial charge in [0.1, 0.15) is 4.32 Å². The summed E-state index contributed by atoms with van der Waals surface area (Å²) in [5, 5.41) is 5.93. The van der Waals surface area contributed by atoms with Crippen LogP contribution in [0, 0.1) is 0 Å². The van der Waals surface area contributed by atoms with Gasteiger partial charge in [-0.1, -0.05) is 33.6 Å². The average molecular weight is 364 g/mol. The lowest BCUT2D eigenvalue weighted by molar-refractivity contribution is -0.128. The number of benzene rings is 1. The van der Waals surface area contributed by atoms with Gasteiger partial charge in [-0.15, -0.1) is 0 Å². The van der Waals surface area contributed by atoms with E-state index in [1.54, 1.807) is 38.4 Å². The predicted octanol–water partition coefficient (Wildman–Crippen LogP) is 2.41. The van der Waals surface area contributed by atoms with E-state index in [0.717, 1.165) is 5.56 Å². The van der Waals surface area contributed by atoms with Gasteiger partial charge in [0, 0.05) is 18.9 Å². The number of hydrogen-bond acceptors (Lipinski definition) is 3. The van der Waals surface area contributed by atoms with Gasteiger partial charge in [0.05, 0.1) is 26.4 Å². The van der Waals surface area contributed by atoms with Crippen LogP contribution >= 0.6 is 27.5 Å². The van der Waals surface area contributed by atoms with Gasteiger partial charge in [-0.3, -0.25) is 9.00 Å². The summed E-state index contributed by atoms with van der Waals surface area (Å²) < 4.78 is 10.6. The topological polar surface area (TPSA) is 49.7 Å². The lowest BCUT2D eigenvalue weighted by Crippen LogP contribution is -2.37. The second kappa shape index (κ2) is 5.00. The van der Waals surface area contributed by atoms with Crippen LogP contribution in [0.2, 0.25) is 5.02 Å². The molecule has 1 aliphatic heterocycles. The molecule has 2 atom stereocenters. The third-order valence-corrected chi connectivity index (χ3v) is 5.02. The molecule has 1 aliphatic rings. The lowest BCUT2D eigenvalue weighted by atomic mass is 9.98. The molecule has 0 aliphatic carbocycles. The number of rotatable bonds is 2. The molecule has 19 heavy (non-hydrogen) atoms. The Morgan fingerprint density at radius 2 is 2.11 bits per heavy atom. The van der Waals surface area contributed by atoms with Gasteiger partial charge in [-0.25, -0.2) is 5.01 Å². The van der Waals surface area contributed by atoms with Crippen LogP contribution in [0.25, 0.3) is 0 Å². The maximum atomic E-state index is 12.0. The fraction of sp³-hybridized carbons (Fsp3) is 0.333. The average Bonchev–Trinajstić information content (AvgIpc) is 2.52. The molecular weight excluding hydrogens is 352 g/mol. The van der Waals surface area contributed by atoms with Crippen LogP contribution in [-0.2, 0) is 15.6 Å². The van der Waals surface area contributed by atoms with Crippen molar-refractivity contribution in [2.24, 2.45) is 5.10 Å². The molecule has 0 saturated heterocycles. The van der Waals surface area contributed by atoms with Crippen molar-refractivity contribution in [1.29, 1.82) is 0 Å². The summed E-state index contributed by atoms with van der Waals surface area (Å²) in [6.07, 6.45) is 1.57. The third kappa shape index (κ3) is 2.49. The first kappa shape index (κ1) is 14.7. The lowest BCUT2D eigenvalue weighted by Gasteiger charge is -2.16. The van der Waals surface area contributed by atoms with E-state index < -0.39 is 15.1 Å². The first-order chi connectivity index (χ1) is 8.75. The molecule has 1 amide bonds. The van der Waals surface area contributed by atoms with Crippen molar-refractivity contribution < 1.29 is 9.00 Å². The number of hydrogen-bond donors (Lipinski definition) is 0. The Kier molecular flexibility index (Phi) is 3.86. The Labute approximate surface area is 127 Å². The van der Waals surface area contributed by atoms with E-state index in [1.807, 2.05) is 0 Å². The molecular formula is C12H12BrClN2O2S. The number of alkyl halides is 1. The van der Waals surface area contributed by atoms with Crippen molar-refractivity contribution in [2.45, 2.75) is 16.1 Å². The first-order valence-corrected chi connectivity index (χ1v) is 8.17. The van der Waals surface area contributed by atoms with Crippen LogP contribution in [0.5, 0.6) is 0 Å². The minimum Gasteiger partial charge on any atom is -0.271 e. The van der Waals surface area contributed by atoms with Gasteiger partial charge in [0.2, 0.25) is 0 Å². The Morgan fingerprint density at radius 3 is 2.53 bits per heavy atom. The van der Waals surface area contributed by atoms with Crippen molar-refractivity contribution in [3.8, 4) is 0 Å². The zero-order valence-corrected chi connectivity index (χ0v) is 13.8. The fourth-order valence-electron chi connectivity index (χ4n) is 1.90. The summed E-state index contributed by atoms with van der Waals surface area (Å²) >= 11 is 9.51. The summed E-state index contributed by atoms with van der Waals surface area (Å²) in [6.45, 7) is 1.75. The maximum absolute atomic E-state index is 12.0. The van der Waals surface area contributed by atoms with Crippen molar-refractivity contribution >= 4 is 49.9 Å². The number of carbonyl (C=O) groups is 1. The monoisotopic (exact) mass is 362 g/mol. The molecule has 7 heteroatoms. The van der Waals surface area contributed by atoms with Crippen LogP contribution in [0.1, 0.15) is 12.5 Å². The van der Waals surface area contributed by atoms with E-state index in [0.29, 0.717) is 15.6 Å². The Hall–Kier alpha value is -0.720. The first-order valence-electron chi connectivity index (χ1n) is 5.44. The molecule has 0 radical (unpaired) electrons. The summed E-state index contributed by atoms with van der Waals surface area (Å²) in [6, 6.07) is 5.15. The Balaban J connectivity index is 2.50. The van der Waals surface area contributed by atoms with E-state index >= 15 is 0 Å². The van der Waals surface area contributed by atoms with E-state index in [2.05, 4.69) is 21.0 Å². The van der Waals surface area contributed by atoms with Gasteiger partial charge < -0.3 is 0 Å². The standard InChI is InChI=1S/C12H12BrClN2O2S/c1-12(13)10(15-16(2)11(12)17)7-4-5-9(19(3)18)8(14)6-7/h4-6H,1-3H3. The summed E-state index contributed by atoms with van der Waals surface area (Å²) in [4.78, 5) is 12.5. The van der Waals surface area contributed by atoms with Crippen molar-refractivity contribution in [3.05, 3.63) is 28.8 Å². The van der Waals surface area contributed by atoms with Crippen molar-refractivity contribution in [1.82, 2.24) is 5.01 Å². The zero-order chi connectivity index (χ0) is 14.4. The van der Waals surface area contributed by atoms with Crippen LogP contribution in [0.3, 0.4) is 0 Å². The highest BCUT2D eigenvalue weighted by molar-refractivity contribution is 9.10. The minimum atomic E-state index is -1.14. The molecule has 1 heterocycles. The van der Waals surface area contributed by atoms with E-state index in [1.165, 1.54) is 5.01 Å². The van der Waals surface area contributed by atoms with Crippen molar-refractivity contribution in [3.63, 3.8) is 0 Å². The number of hydrazone groups is 1. The van der Waals surface area contributed by atoms with Gasteiger partial charge in [0.15, 0.2) is 0 Å². The second-order valence-corrected chi connectivity index (χ2v) is 7.72. The number of carbonyl (C=O) groups excluding carboxylic acids is 1. The molecule has 0 aromatic heterocycles. The molecule has 4 nitrogen and oxygen atoms in total. The highest BCUT2D eigenvalue weighted by Gasteiger charge is 2.44. The highest BCUT2D eigenvalue weighted by Crippen LogP contribution is 2.33. The van der Waals surface area contributed by atoms with Crippen LogP contribution in [0.15, 0.2) is 28.2 Å². The normalized spacial score (nSPS) is 24.6. The number of halogens is 2. The largest absolute Gasteiger partial charge is 0.271 e. The maximum Gasteiger partial charge on any atom is 0.265 e. The van der Waals surface area contributed by atoms with E-state index in [9.17, 15) is 9.00 Å².